The van der Waals surface area contributed by atoms with E-state index in [0.29, 0.717) is 33.6 Å². The van der Waals surface area contributed by atoms with Crippen LogP contribution in [0.2, 0.25) is 5.02 Å². The Morgan fingerprint density at radius 3 is 2.63 bits per heavy atom. The largest absolute Gasteiger partial charge is 0.490 e. The third kappa shape index (κ3) is 4.46. The highest BCUT2D eigenvalue weighted by atomic mass is 35.5. The molecule has 27 heavy (non-hydrogen) atoms. The predicted octanol–water partition coefficient (Wildman–Crippen LogP) is 4.45. The summed E-state index contributed by atoms with van der Waals surface area (Å²) in [6, 6.07) is 14.4. The molecule has 0 atom stereocenters. The van der Waals surface area contributed by atoms with Crippen LogP contribution in [0.15, 0.2) is 53.1 Å². The van der Waals surface area contributed by atoms with Crippen molar-refractivity contribution in [1.29, 1.82) is 0 Å². The maximum atomic E-state index is 12.8. The number of para-hydroxylation sites is 1. The van der Waals surface area contributed by atoms with E-state index in [4.69, 9.17) is 20.9 Å². The van der Waals surface area contributed by atoms with Gasteiger partial charge in [0.2, 0.25) is 11.7 Å². The molecule has 2 aromatic carbocycles. The lowest BCUT2D eigenvalue weighted by molar-refractivity contribution is 0.0763. The molecule has 0 aliphatic carbocycles. The number of amides is 1. The van der Waals surface area contributed by atoms with Crippen molar-refractivity contribution in [3.8, 4) is 17.1 Å². The van der Waals surface area contributed by atoms with E-state index < -0.39 is 0 Å². The lowest BCUT2D eigenvalue weighted by atomic mass is 10.1. The predicted molar refractivity (Wildman–Crippen MR) is 103 cm³/mol. The summed E-state index contributed by atoms with van der Waals surface area (Å²) in [6.07, 6.45) is -0.0293. The monoisotopic (exact) mass is 385 g/mol. The van der Waals surface area contributed by atoms with E-state index in [9.17, 15) is 4.79 Å². The summed E-state index contributed by atoms with van der Waals surface area (Å²) in [5.41, 5.74) is 1.17. The average Bonchev–Trinajstić information content (AvgIpc) is 3.09. The second-order valence-electron chi connectivity index (χ2n) is 6.32. The quantitative estimate of drug-likeness (QED) is 0.627. The number of carbonyl (C=O) groups is 1. The zero-order valence-corrected chi connectivity index (χ0v) is 16.1. The van der Waals surface area contributed by atoms with Crippen molar-refractivity contribution >= 4 is 17.5 Å². The van der Waals surface area contributed by atoms with Crippen LogP contribution in [0.25, 0.3) is 11.4 Å². The van der Waals surface area contributed by atoms with Crippen molar-refractivity contribution in [1.82, 2.24) is 15.0 Å². The van der Waals surface area contributed by atoms with Gasteiger partial charge < -0.3 is 14.2 Å². The maximum Gasteiger partial charge on any atom is 0.257 e. The smallest absolute Gasteiger partial charge is 0.257 e. The molecule has 0 fully saturated rings. The average molecular weight is 386 g/mol. The van der Waals surface area contributed by atoms with E-state index >= 15 is 0 Å². The van der Waals surface area contributed by atoms with E-state index in [0.717, 1.165) is 0 Å². The highest BCUT2D eigenvalue weighted by molar-refractivity contribution is 6.33. The molecule has 0 spiro atoms. The molecule has 6 nitrogen and oxygen atoms in total. The molecule has 3 aromatic rings. The molecule has 0 N–H and O–H groups in total. The van der Waals surface area contributed by atoms with Gasteiger partial charge in [0.1, 0.15) is 12.3 Å². The van der Waals surface area contributed by atoms with Gasteiger partial charge >= 0.3 is 0 Å². The van der Waals surface area contributed by atoms with Crippen LogP contribution >= 0.6 is 11.6 Å². The first-order chi connectivity index (χ1) is 13.0. The number of benzene rings is 2. The van der Waals surface area contributed by atoms with Crippen molar-refractivity contribution in [3.05, 3.63) is 65.0 Å². The van der Waals surface area contributed by atoms with Crippen LogP contribution in [-0.4, -0.2) is 34.1 Å². The number of hydrogen-bond donors (Lipinski definition) is 0. The molecular formula is C20H20ClN3O3. The Morgan fingerprint density at radius 1 is 1.19 bits per heavy atom. The van der Waals surface area contributed by atoms with Crippen LogP contribution in [0.3, 0.4) is 0 Å². The van der Waals surface area contributed by atoms with Crippen LogP contribution in [0.1, 0.15) is 30.1 Å². The second kappa shape index (κ2) is 8.22. The Labute approximate surface area is 162 Å². The van der Waals surface area contributed by atoms with E-state index in [2.05, 4.69) is 10.1 Å². The number of rotatable bonds is 6. The van der Waals surface area contributed by atoms with Gasteiger partial charge in [0.15, 0.2) is 0 Å². The number of aromatic nitrogens is 2. The summed E-state index contributed by atoms with van der Waals surface area (Å²) >= 11 is 6.16. The molecule has 3 rings (SSSR count). The first-order valence-corrected chi connectivity index (χ1v) is 8.92. The van der Waals surface area contributed by atoms with E-state index in [1.54, 1.807) is 31.3 Å². The molecular weight excluding hydrogens is 366 g/mol. The SMILES string of the molecule is CC(C)Oc1ccccc1C(=O)N(C)Cc1nc(-c2ccccc2Cl)no1. The number of ether oxygens (including phenoxy) is 1. The summed E-state index contributed by atoms with van der Waals surface area (Å²) in [4.78, 5) is 18.7. The molecule has 0 aliphatic rings. The van der Waals surface area contributed by atoms with Crippen molar-refractivity contribution in [2.45, 2.75) is 26.5 Å². The molecule has 1 aromatic heterocycles. The van der Waals surface area contributed by atoms with Gasteiger partial charge in [-0.3, -0.25) is 4.79 Å². The normalized spacial score (nSPS) is 10.9. The summed E-state index contributed by atoms with van der Waals surface area (Å²) < 4.78 is 11.0. The maximum absolute atomic E-state index is 12.8. The summed E-state index contributed by atoms with van der Waals surface area (Å²) in [5, 5.41) is 4.49. The molecule has 1 amide bonds. The van der Waals surface area contributed by atoms with Crippen molar-refractivity contribution in [3.63, 3.8) is 0 Å². The zero-order valence-electron chi connectivity index (χ0n) is 15.3. The van der Waals surface area contributed by atoms with Gasteiger partial charge in [-0.1, -0.05) is 41.0 Å². The molecule has 140 valence electrons. The molecule has 1 heterocycles. The number of hydrogen-bond acceptors (Lipinski definition) is 5. The number of carbonyl (C=O) groups excluding carboxylic acids is 1. The van der Waals surface area contributed by atoms with Gasteiger partial charge in [-0.2, -0.15) is 4.98 Å². The fraction of sp³-hybridized carbons (Fsp3) is 0.250. The summed E-state index contributed by atoms with van der Waals surface area (Å²) in [5.74, 6) is 1.07. The molecule has 7 heteroatoms. The molecule has 0 unspecified atom stereocenters. The van der Waals surface area contributed by atoms with Gasteiger partial charge in [-0.15, -0.1) is 0 Å². The van der Waals surface area contributed by atoms with Crippen molar-refractivity contribution in [2.24, 2.45) is 0 Å². The van der Waals surface area contributed by atoms with Crippen LogP contribution in [0.5, 0.6) is 5.75 Å². The standard InChI is InChI=1S/C20H20ClN3O3/c1-13(2)26-17-11-7-5-9-15(17)20(25)24(3)12-18-22-19(23-27-18)14-8-4-6-10-16(14)21/h4-11,13H,12H2,1-3H3. The summed E-state index contributed by atoms with van der Waals surface area (Å²) in [6.45, 7) is 4.01. The van der Waals surface area contributed by atoms with Gasteiger partial charge in [0, 0.05) is 12.6 Å². The van der Waals surface area contributed by atoms with Gasteiger partial charge in [-0.05, 0) is 38.1 Å². The van der Waals surface area contributed by atoms with Gasteiger partial charge in [0.25, 0.3) is 5.91 Å². The summed E-state index contributed by atoms with van der Waals surface area (Å²) in [7, 11) is 1.67. The lowest BCUT2D eigenvalue weighted by Crippen LogP contribution is -2.27. The fourth-order valence-electron chi connectivity index (χ4n) is 2.55. The third-order valence-corrected chi connectivity index (χ3v) is 4.11. The first-order valence-electron chi connectivity index (χ1n) is 8.54. The topological polar surface area (TPSA) is 68.5 Å². The number of halogens is 1. The minimum Gasteiger partial charge on any atom is -0.490 e. The second-order valence-corrected chi connectivity index (χ2v) is 6.72. The highest BCUT2D eigenvalue weighted by Gasteiger charge is 2.20. The highest BCUT2D eigenvalue weighted by Crippen LogP contribution is 2.25. The molecule has 0 saturated heterocycles. The Balaban J connectivity index is 1.76. The van der Waals surface area contributed by atoms with Gasteiger partial charge in [0.05, 0.1) is 16.7 Å². The van der Waals surface area contributed by atoms with E-state index in [1.165, 1.54) is 4.90 Å². The minimum absolute atomic E-state index is 0.0293. The Kier molecular flexibility index (Phi) is 5.76. The third-order valence-electron chi connectivity index (χ3n) is 3.78. The lowest BCUT2D eigenvalue weighted by Gasteiger charge is -2.18. The fourth-order valence-corrected chi connectivity index (χ4v) is 2.77. The Bertz CT molecular complexity index is 939. The van der Waals surface area contributed by atoms with E-state index in [-0.39, 0.29) is 18.6 Å². The van der Waals surface area contributed by atoms with Crippen LogP contribution in [0.4, 0.5) is 0 Å². The van der Waals surface area contributed by atoms with Crippen LogP contribution in [-0.2, 0) is 6.54 Å². The van der Waals surface area contributed by atoms with Gasteiger partial charge in [-0.25, -0.2) is 0 Å². The molecule has 0 bridgehead atoms. The first kappa shape index (κ1) is 18.9. The van der Waals surface area contributed by atoms with Crippen molar-refractivity contribution in [2.75, 3.05) is 7.05 Å². The van der Waals surface area contributed by atoms with Crippen molar-refractivity contribution < 1.29 is 14.1 Å². The minimum atomic E-state index is -0.191. The van der Waals surface area contributed by atoms with E-state index in [1.807, 2.05) is 38.1 Å². The zero-order chi connectivity index (χ0) is 19.4. The van der Waals surface area contributed by atoms with Crippen LogP contribution < -0.4 is 4.74 Å². The number of nitrogens with zero attached hydrogens (tertiary/aromatic N) is 3. The van der Waals surface area contributed by atoms with Crippen LogP contribution in [0, 0.1) is 0 Å². The Morgan fingerprint density at radius 2 is 1.89 bits per heavy atom. The molecule has 0 radical (unpaired) electrons. The molecule has 0 saturated carbocycles. The molecule has 0 aliphatic heterocycles. The Hall–Kier alpha value is -2.86.